The van der Waals surface area contributed by atoms with Gasteiger partial charge in [-0.3, -0.25) is 28.9 Å². The molecule has 1 saturated heterocycles. The Hall–Kier alpha value is -2.88. The molecule has 1 unspecified atom stereocenters. The highest BCUT2D eigenvalue weighted by Gasteiger charge is 2.39. The summed E-state index contributed by atoms with van der Waals surface area (Å²) in [6.45, 7) is 11.1. The molecule has 9 nitrogen and oxygen atoms in total. The van der Waals surface area contributed by atoms with Gasteiger partial charge in [0.25, 0.3) is 0 Å². The van der Waals surface area contributed by atoms with E-state index in [1.165, 1.54) is 11.8 Å². The number of hydrogen-bond donors (Lipinski definition) is 3. The molecule has 36 heavy (non-hydrogen) atoms. The molecule has 0 radical (unpaired) electrons. The standard InChI is InChI=1S/C26H38N4O5S/c1-7-18-8-10-19(11-9-18)28-24(33)17(6)27-25(34)23(15(2)3)29-21(31)12-13-30-22(32)14-20(26(30)35)36-16(4)5/h8-11,15-17,20,23H,7,12-14H2,1-6H3,(H,27,34)(H,28,33)(H,29,31)/t17-,20?,23-/m0/s1. The van der Waals surface area contributed by atoms with Crippen LogP contribution in [0.3, 0.4) is 0 Å². The number of carbonyl (C=O) groups excluding carboxylic acids is 5. The molecule has 1 heterocycles. The number of amides is 5. The number of rotatable bonds is 12. The molecular weight excluding hydrogens is 480 g/mol. The Bertz CT molecular complexity index is 964. The molecular formula is C26H38N4O5S. The highest BCUT2D eigenvalue weighted by Crippen LogP contribution is 2.28. The molecule has 0 aromatic heterocycles. The van der Waals surface area contributed by atoms with Crippen molar-refractivity contribution < 1.29 is 24.0 Å². The molecule has 2 rings (SSSR count). The second-order valence-electron chi connectivity index (χ2n) is 9.57. The summed E-state index contributed by atoms with van der Waals surface area (Å²) in [6, 6.07) is 5.78. The normalized spacial score (nSPS) is 17.3. The summed E-state index contributed by atoms with van der Waals surface area (Å²) in [5.41, 5.74) is 1.78. The molecule has 5 amide bonds. The molecule has 10 heteroatoms. The van der Waals surface area contributed by atoms with E-state index in [1.807, 2.05) is 45.0 Å². The van der Waals surface area contributed by atoms with Crippen LogP contribution in [0.5, 0.6) is 0 Å². The Morgan fingerprint density at radius 3 is 2.19 bits per heavy atom. The number of carbonyl (C=O) groups is 5. The van der Waals surface area contributed by atoms with Gasteiger partial charge in [0.2, 0.25) is 29.5 Å². The molecule has 3 atom stereocenters. The van der Waals surface area contributed by atoms with Gasteiger partial charge in [0.15, 0.2) is 0 Å². The lowest BCUT2D eigenvalue weighted by atomic mass is 10.0. The summed E-state index contributed by atoms with van der Waals surface area (Å²) in [5.74, 6) is -2.10. The zero-order valence-corrected chi connectivity index (χ0v) is 22.7. The highest BCUT2D eigenvalue weighted by atomic mass is 32.2. The summed E-state index contributed by atoms with van der Waals surface area (Å²) in [4.78, 5) is 63.8. The molecule has 1 fully saturated rings. The van der Waals surface area contributed by atoms with E-state index in [0.29, 0.717) is 5.69 Å². The lowest BCUT2D eigenvalue weighted by Crippen LogP contribution is -2.54. The third-order valence-corrected chi connectivity index (χ3v) is 7.09. The summed E-state index contributed by atoms with van der Waals surface area (Å²) in [6.07, 6.45) is 0.936. The number of benzene rings is 1. The van der Waals surface area contributed by atoms with E-state index < -0.39 is 29.1 Å². The van der Waals surface area contributed by atoms with E-state index >= 15 is 0 Å². The van der Waals surface area contributed by atoms with Crippen molar-refractivity contribution in [2.24, 2.45) is 5.92 Å². The van der Waals surface area contributed by atoms with Crippen molar-refractivity contribution >= 4 is 47.0 Å². The summed E-state index contributed by atoms with van der Waals surface area (Å²) in [5, 5.41) is 7.91. The van der Waals surface area contributed by atoms with Crippen LogP contribution >= 0.6 is 11.8 Å². The minimum Gasteiger partial charge on any atom is -0.344 e. The van der Waals surface area contributed by atoms with Crippen LogP contribution in [0.4, 0.5) is 5.69 Å². The van der Waals surface area contributed by atoms with Crippen LogP contribution in [-0.4, -0.2) is 63.6 Å². The summed E-state index contributed by atoms with van der Waals surface area (Å²) < 4.78 is 0. The maximum atomic E-state index is 12.9. The fourth-order valence-electron chi connectivity index (χ4n) is 3.76. The van der Waals surface area contributed by atoms with E-state index in [0.717, 1.165) is 16.9 Å². The Kier molecular flexibility index (Phi) is 11.0. The number of likely N-dealkylation sites (tertiary alicyclic amines) is 1. The van der Waals surface area contributed by atoms with Crippen LogP contribution in [0.1, 0.15) is 59.9 Å². The van der Waals surface area contributed by atoms with Crippen LogP contribution in [-0.2, 0) is 30.4 Å². The Morgan fingerprint density at radius 1 is 1.00 bits per heavy atom. The fraction of sp³-hybridized carbons (Fsp3) is 0.577. The molecule has 1 aliphatic rings. The van der Waals surface area contributed by atoms with E-state index in [-0.39, 0.29) is 48.3 Å². The van der Waals surface area contributed by atoms with Gasteiger partial charge in [-0.1, -0.05) is 46.8 Å². The quantitative estimate of drug-likeness (QED) is 0.365. The average molecular weight is 519 g/mol. The zero-order valence-electron chi connectivity index (χ0n) is 21.9. The fourth-order valence-corrected chi connectivity index (χ4v) is 4.90. The lowest BCUT2D eigenvalue weighted by molar-refractivity contribution is -0.139. The summed E-state index contributed by atoms with van der Waals surface area (Å²) in [7, 11) is 0. The third-order valence-electron chi connectivity index (χ3n) is 5.85. The molecule has 1 aromatic carbocycles. The first kappa shape index (κ1) is 29.4. The van der Waals surface area contributed by atoms with Gasteiger partial charge in [-0.15, -0.1) is 11.8 Å². The molecule has 198 valence electrons. The van der Waals surface area contributed by atoms with Crippen molar-refractivity contribution in [2.75, 3.05) is 11.9 Å². The monoisotopic (exact) mass is 518 g/mol. The minimum absolute atomic E-state index is 0.0271. The molecule has 0 spiro atoms. The SMILES string of the molecule is CCc1ccc(NC(=O)[C@H](C)NC(=O)[C@@H](NC(=O)CCN2C(=O)CC(SC(C)C)C2=O)C(C)C)cc1. The van der Waals surface area contributed by atoms with Gasteiger partial charge >= 0.3 is 0 Å². The van der Waals surface area contributed by atoms with Crippen molar-refractivity contribution in [3.05, 3.63) is 29.8 Å². The molecule has 1 aromatic rings. The second kappa shape index (κ2) is 13.4. The van der Waals surface area contributed by atoms with Crippen molar-refractivity contribution in [1.29, 1.82) is 0 Å². The maximum Gasteiger partial charge on any atom is 0.246 e. The largest absolute Gasteiger partial charge is 0.344 e. The second-order valence-corrected chi connectivity index (χ2v) is 11.4. The maximum absolute atomic E-state index is 12.9. The number of aryl methyl sites for hydroxylation is 1. The van der Waals surface area contributed by atoms with E-state index in [2.05, 4.69) is 16.0 Å². The zero-order chi connectivity index (χ0) is 27.0. The van der Waals surface area contributed by atoms with Crippen LogP contribution < -0.4 is 16.0 Å². The number of hydrogen-bond acceptors (Lipinski definition) is 6. The van der Waals surface area contributed by atoms with Crippen molar-refractivity contribution in [1.82, 2.24) is 15.5 Å². The van der Waals surface area contributed by atoms with Crippen molar-refractivity contribution in [3.8, 4) is 0 Å². The number of nitrogens with one attached hydrogen (secondary N) is 3. The van der Waals surface area contributed by atoms with Gasteiger partial charge in [-0.25, -0.2) is 0 Å². The minimum atomic E-state index is -0.870. The molecule has 0 saturated carbocycles. The topological polar surface area (TPSA) is 125 Å². The average Bonchev–Trinajstić information content (AvgIpc) is 3.07. The van der Waals surface area contributed by atoms with Gasteiger partial charge in [0.05, 0.1) is 5.25 Å². The van der Waals surface area contributed by atoms with Crippen LogP contribution in [0.25, 0.3) is 0 Å². The first-order valence-electron chi connectivity index (χ1n) is 12.4. The Labute approximate surface area is 217 Å². The van der Waals surface area contributed by atoms with Gasteiger partial charge in [-0.05, 0) is 42.2 Å². The molecule has 0 aliphatic carbocycles. The molecule has 0 bridgehead atoms. The van der Waals surface area contributed by atoms with Gasteiger partial charge in [-0.2, -0.15) is 0 Å². The van der Waals surface area contributed by atoms with Gasteiger partial charge in [0, 0.05) is 25.1 Å². The van der Waals surface area contributed by atoms with Crippen LogP contribution in [0.2, 0.25) is 0 Å². The van der Waals surface area contributed by atoms with Gasteiger partial charge < -0.3 is 16.0 Å². The first-order chi connectivity index (χ1) is 16.9. The number of nitrogens with zero attached hydrogens (tertiary/aromatic N) is 1. The Balaban J connectivity index is 1.88. The Morgan fingerprint density at radius 2 is 1.64 bits per heavy atom. The van der Waals surface area contributed by atoms with Gasteiger partial charge in [0.1, 0.15) is 12.1 Å². The number of imide groups is 1. The number of thioether (sulfide) groups is 1. The molecule has 3 N–H and O–H groups in total. The van der Waals surface area contributed by atoms with E-state index in [9.17, 15) is 24.0 Å². The smallest absolute Gasteiger partial charge is 0.246 e. The van der Waals surface area contributed by atoms with Crippen LogP contribution in [0.15, 0.2) is 24.3 Å². The van der Waals surface area contributed by atoms with Crippen molar-refractivity contribution in [2.45, 2.75) is 83.4 Å². The number of anilines is 1. The van der Waals surface area contributed by atoms with Crippen molar-refractivity contribution in [3.63, 3.8) is 0 Å². The highest BCUT2D eigenvalue weighted by molar-refractivity contribution is 8.01. The predicted octanol–water partition coefficient (Wildman–Crippen LogP) is 2.49. The summed E-state index contributed by atoms with van der Waals surface area (Å²) >= 11 is 1.44. The third kappa shape index (κ3) is 8.36. The molecule has 1 aliphatic heterocycles. The van der Waals surface area contributed by atoms with E-state index in [1.54, 1.807) is 20.8 Å². The van der Waals surface area contributed by atoms with E-state index in [4.69, 9.17) is 0 Å². The lowest BCUT2D eigenvalue weighted by Gasteiger charge is -2.24. The first-order valence-corrected chi connectivity index (χ1v) is 13.4. The van der Waals surface area contributed by atoms with Crippen LogP contribution in [0, 0.1) is 5.92 Å². The predicted molar refractivity (Wildman–Crippen MR) is 141 cm³/mol.